The standard InChI is InChI=1S/C13H16F3NO4S/c1-12(2)9-17(7-8-20-12)22(18,19)11-5-3-10(4-6-11)21-13(14,15)16/h3-6H,7-9H2,1-2H3. The molecule has 124 valence electrons. The summed E-state index contributed by atoms with van der Waals surface area (Å²) < 4.78 is 71.7. The molecule has 0 unspecified atom stereocenters. The smallest absolute Gasteiger partial charge is 0.406 e. The molecular weight excluding hydrogens is 323 g/mol. The average molecular weight is 339 g/mol. The second-order valence-corrected chi connectivity index (χ2v) is 7.40. The van der Waals surface area contributed by atoms with Crippen molar-refractivity contribution in [1.29, 1.82) is 0 Å². The van der Waals surface area contributed by atoms with Crippen LogP contribution in [0.5, 0.6) is 5.75 Å². The zero-order chi connectivity index (χ0) is 16.6. The first-order chi connectivity index (χ1) is 10.00. The molecule has 9 heteroatoms. The zero-order valence-corrected chi connectivity index (χ0v) is 12.9. The van der Waals surface area contributed by atoms with Crippen LogP contribution < -0.4 is 4.74 Å². The molecule has 0 amide bonds. The molecule has 0 aliphatic carbocycles. The Bertz CT molecular complexity index is 626. The molecule has 0 aromatic heterocycles. The fraction of sp³-hybridized carbons (Fsp3) is 0.538. The number of morpholine rings is 1. The van der Waals surface area contributed by atoms with Crippen molar-refractivity contribution in [1.82, 2.24) is 4.31 Å². The van der Waals surface area contributed by atoms with Crippen molar-refractivity contribution in [2.24, 2.45) is 0 Å². The predicted molar refractivity (Wildman–Crippen MR) is 71.9 cm³/mol. The third-order valence-corrected chi connectivity index (χ3v) is 4.95. The van der Waals surface area contributed by atoms with E-state index in [0.717, 1.165) is 24.3 Å². The Morgan fingerprint density at radius 1 is 1.23 bits per heavy atom. The van der Waals surface area contributed by atoms with Gasteiger partial charge in [-0.3, -0.25) is 0 Å². The Kier molecular flexibility index (Phi) is 4.42. The highest BCUT2D eigenvalue weighted by molar-refractivity contribution is 7.89. The summed E-state index contributed by atoms with van der Waals surface area (Å²) in [5.41, 5.74) is -0.606. The molecule has 0 spiro atoms. The van der Waals surface area contributed by atoms with Crippen LogP contribution in [0.3, 0.4) is 0 Å². The number of sulfonamides is 1. The van der Waals surface area contributed by atoms with E-state index in [1.54, 1.807) is 13.8 Å². The number of benzene rings is 1. The summed E-state index contributed by atoms with van der Waals surface area (Å²) in [6.45, 7) is 4.19. The minimum absolute atomic E-state index is 0.0836. The lowest BCUT2D eigenvalue weighted by molar-refractivity contribution is -0.274. The molecule has 1 fully saturated rings. The SMILES string of the molecule is CC1(C)CN(S(=O)(=O)c2ccc(OC(F)(F)F)cc2)CCO1. The summed E-state index contributed by atoms with van der Waals surface area (Å²) in [6.07, 6.45) is -4.81. The lowest BCUT2D eigenvalue weighted by atomic mass is 10.1. The van der Waals surface area contributed by atoms with Gasteiger partial charge in [-0.25, -0.2) is 8.42 Å². The number of halogens is 3. The van der Waals surface area contributed by atoms with Gasteiger partial charge in [0, 0.05) is 13.1 Å². The van der Waals surface area contributed by atoms with Gasteiger partial charge in [0.15, 0.2) is 0 Å². The lowest BCUT2D eigenvalue weighted by Gasteiger charge is -2.37. The van der Waals surface area contributed by atoms with Crippen LogP contribution in [0.2, 0.25) is 0 Å². The molecule has 1 heterocycles. The fourth-order valence-electron chi connectivity index (χ4n) is 2.14. The number of rotatable bonds is 3. The number of hydrogen-bond acceptors (Lipinski definition) is 4. The van der Waals surface area contributed by atoms with Gasteiger partial charge < -0.3 is 9.47 Å². The predicted octanol–water partition coefficient (Wildman–Crippen LogP) is 2.38. The van der Waals surface area contributed by atoms with E-state index in [0.29, 0.717) is 0 Å². The molecule has 5 nitrogen and oxygen atoms in total. The Hall–Kier alpha value is -1.32. The second-order valence-electron chi connectivity index (χ2n) is 5.47. The van der Waals surface area contributed by atoms with Crippen LogP contribution in [-0.4, -0.2) is 44.4 Å². The Labute approximate surface area is 126 Å². The lowest BCUT2D eigenvalue weighted by Crippen LogP contribution is -2.50. The number of hydrogen-bond donors (Lipinski definition) is 0. The highest BCUT2D eigenvalue weighted by Gasteiger charge is 2.35. The first-order valence-electron chi connectivity index (χ1n) is 6.50. The molecule has 1 aliphatic rings. The Balaban J connectivity index is 2.19. The van der Waals surface area contributed by atoms with E-state index in [9.17, 15) is 21.6 Å². The van der Waals surface area contributed by atoms with E-state index < -0.39 is 27.7 Å². The van der Waals surface area contributed by atoms with Crippen molar-refractivity contribution in [2.75, 3.05) is 19.7 Å². The van der Waals surface area contributed by atoms with Crippen molar-refractivity contribution >= 4 is 10.0 Å². The van der Waals surface area contributed by atoms with Gasteiger partial charge >= 0.3 is 6.36 Å². The molecule has 1 saturated heterocycles. The van der Waals surface area contributed by atoms with Crippen molar-refractivity contribution in [3.05, 3.63) is 24.3 Å². The zero-order valence-electron chi connectivity index (χ0n) is 12.1. The van der Waals surface area contributed by atoms with Gasteiger partial charge in [-0.15, -0.1) is 13.2 Å². The largest absolute Gasteiger partial charge is 0.573 e. The minimum atomic E-state index is -4.81. The molecule has 1 aromatic carbocycles. The first kappa shape index (κ1) is 17.0. The van der Waals surface area contributed by atoms with E-state index in [2.05, 4.69) is 4.74 Å². The van der Waals surface area contributed by atoms with Gasteiger partial charge in [-0.2, -0.15) is 4.31 Å². The third kappa shape index (κ3) is 4.11. The van der Waals surface area contributed by atoms with Crippen LogP contribution in [-0.2, 0) is 14.8 Å². The van der Waals surface area contributed by atoms with Crippen LogP contribution in [0.4, 0.5) is 13.2 Å². The molecule has 0 saturated carbocycles. The number of ether oxygens (including phenoxy) is 2. The van der Waals surface area contributed by atoms with E-state index >= 15 is 0 Å². The van der Waals surface area contributed by atoms with Crippen molar-refractivity contribution < 1.29 is 31.1 Å². The van der Waals surface area contributed by atoms with Gasteiger partial charge in [0.05, 0.1) is 17.1 Å². The molecule has 1 aromatic rings. The van der Waals surface area contributed by atoms with Crippen molar-refractivity contribution in [3.8, 4) is 5.75 Å². The summed E-state index contributed by atoms with van der Waals surface area (Å²) in [5, 5.41) is 0. The van der Waals surface area contributed by atoms with E-state index in [1.165, 1.54) is 4.31 Å². The Morgan fingerprint density at radius 3 is 2.32 bits per heavy atom. The molecule has 0 radical (unpaired) electrons. The maximum absolute atomic E-state index is 12.5. The summed E-state index contributed by atoms with van der Waals surface area (Å²) in [5.74, 6) is -0.464. The third-order valence-electron chi connectivity index (χ3n) is 3.09. The number of nitrogens with zero attached hydrogens (tertiary/aromatic N) is 1. The number of alkyl halides is 3. The molecule has 0 bridgehead atoms. The van der Waals surface area contributed by atoms with Crippen LogP contribution in [0.25, 0.3) is 0 Å². The van der Waals surface area contributed by atoms with Gasteiger partial charge in [0.1, 0.15) is 5.75 Å². The molecule has 0 atom stereocenters. The topological polar surface area (TPSA) is 55.8 Å². The Morgan fingerprint density at radius 2 is 1.82 bits per heavy atom. The monoisotopic (exact) mass is 339 g/mol. The van der Waals surface area contributed by atoms with Gasteiger partial charge in [-0.1, -0.05) is 0 Å². The summed E-state index contributed by atoms with van der Waals surface area (Å²) in [7, 11) is -3.78. The highest BCUT2D eigenvalue weighted by Crippen LogP contribution is 2.27. The summed E-state index contributed by atoms with van der Waals surface area (Å²) in [6, 6.07) is 4.15. The molecule has 2 rings (SSSR count). The van der Waals surface area contributed by atoms with E-state index in [4.69, 9.17) is 4.74 Å². The average Bonchev–Trinajstić information content (AvgIpc) is 2.36. The van der Waals surface area contributed by atoms with Gasteiger partial charge in [-0.05, 0) is 38.1 Å². The van der Waals surface area contributed by atoms with Crippen molar-refractivity contribution in [2.45, 2.75) is 30.7 Å². The molecule has 0 N–H and O–H groups in total. The molecule has 22 heavy (non-hydrogen) atoms. The van der Waals surface area contributed by atoms with Gasteiger partial charge in [0.2, 0.25) is 10.0 Å². The van der Waals surface area contributed by atoms with Crippen LogP contribution in [0.1, 0.15) is 13.8 Å². The summed E-state index contributed by atoms with van der Waals surface area (Å²) in [4.78, 5) is -0.0836. The first-order valence-corrected chi connectivity index (χ1v) is 7.94. The molecule has 1 aliphatic heterocycles. The van der Waals surface area contributed by atoms with Crippen LogP contribution in [0, 0.1) is 0 Å². The van der Waals surface area contributed by atoms with Gasteiger partial charge in [0.25, 0.3) is 0 Å². The molecular formula is C13H16F3NO4S. The second kappa shape index (κ2) is 5.71. The van der Waals surface area contributed by atoms with E-state index in [1.807, 2.05) is 0 Å². The normalized spacial score (nSPS) is 19.9. The minimum Gasteiger partial charge on any atom is -0.406 e. The fourth-order valence-corrected chi connectivity index (χ4v) is 3.71. The van der Waals surface area contributed by atoms with Crippen LogP contribution >= 0.6 is 0 Å². The van der Waals surface area contributed by atoms with Crippen LogP contribution in [0.15, 0.2) is 29.2 Å². The highest BCUT2D eigenvalue weighted by atomic mass is 32.2. The maximum atomic E-state index is 12.5. The van der Waals surface area contributed by atoms with E-state index in [-0.39, 0.29) is 24.6 Å². The quantitative estimate of drug-likeness (QED) is 0.848. The summed E-state index contributed by atoms with van der Waals surface area (Å²) >= 11 is 0. The maximum Gasteiger partial charge on any atom is 0.573 e. The van der Waals surface area contributed by atoms with Crippen molar-refractivity contribution in [3.63, 3.8) is 0 Å².